The Kier molecular flexibility index (Phi) is 7.29. The summed E-state index contributed by atoms with van der Waals surface area (Å²) in [6.07, 6.45) is 0.276. The number of amides is 1. The number of hydrogen-bond donors (Lipinski definition) is 1. The smallest absolute Gasteiger partial charge is 0.282 e. The zero-order chi connectivity index (χ0) is 23.6. The van der Waals surface area contributed by atoms with E-state index in [2.05, 4.69) is 15.1 Å². The maximum Gasteiger partial charge on any atom is 0.282 e. The Morgan fingerprint density at radius 2 is 1.70 bits per heavy atom. The van der Waals surface area contributed by atoms with Crippen molar-refractivity contribution < 1.29 is 13.2 Å². The summed E-state index contributed by atoms with van der Waals surface area (Å²) in [7, 11) is -1.48. The lowest BCUT2D eigenvalue weighted by Gasteiger charge is -2.39. The second-order valence-electron chi connectivity index (χ2n) is 8.61. The second-order valence-corrected chi connectivity index (χ2v) is 10.9. The number of piperazine rings is 2. The summed E-state index contributed by atoms with van der Waals surface area (Å²) in [5.74, 6) is 0.699. The van der Waals surface area contributed by atoms with Gasteiger partial charge in [0.15, 0.2) is 10.6 Å². The molecule has 33 heavy (non-hydrogen) atoms. The van der Waals surface area contributed by atoms with Crippen molar-refractivity contribution in [2.24, 2.45) is 0 Å². The number of benzene rings is 1. The van der Waals surface area contributed by atoms with Crippen LogP contribution in [0.3, 0.4) is 0 Å². The van der Waals surface area contributed by atoms with Crippen molar-refractivity contribution >= 4 is 28.3 Å². The number of aryl methyl sites for hydroxylation is 1. The van der Waals surface area contributed by atoms with E-state index in [1.807, 2.05) is 42.8 Å². The fourth-order valence-electron chi connectivity index (χ4n) is 4.25. The average molecular weight is 494 g/mol. The van der Waals surface area contributed by atoms with Crippen LogP contribution in [0.4, 0.5) is 0 Å². The minimum atomic E-state index is -3.48. The van der Waals surface area contributed by atoms with Gasteiger partial charge in [0, 0.05) is 70.9 Å². The second kappa shape index (κ2) is 10.0. The quantitative estimate of drug-likeness (QED) is 0.602. The number of nitrogens with one attached hydrogen (secondary N) is 1. The lowest BCUT2D eigenvalue weighted by Crippen LogP contribution is -2.57. The molecule has 1 N–H and O–H groups in total. The molecule has 2 aromatic rings. The minimum Gasteiger partial charge on any atom is -0.340 e. The first-order valence-corrected chi connectivity index (χ1v) is 13.0. The third kappa shape index (κ3) is 5.35. The number of hydrogen-bond acceptors (Lipinski definition) is 6. The van der Waals surface area contributed by atoms with E-state index in [-0.39, 0.29) is 12.3 Å². The van der Waals surface area contributed by atoms with Crippen molar-refractivity contribution in [3.05, 3.63) is 34.6 Å². The molecule has 0 saturated carbocycles. The number of aromatic amines is 1. The van der Waals surface area contributed by atoms with Crippen LogP contribution in [0.5, 0.6) is 0 Å². The first kappa shape index (κ1) is 24.0. The van der Waals surface area contributed by atoms with Gasteiger partial charge in [-0.3, -0.25) is 14.5 Å². The summed E-state index contributed by atoms with van der Waals surface area (Å²) in [5.41, 5.74) is 2.06. The van der Waals surface area contributed by atoms with Crippen LogP contribution >= 0.6 is 12.2 Å². The van der Waals surface area contributed by atoms with E-state index in [1.54, 1.807) is 9.21 Å². The monoisotopic (exact) mass is 493 g/mol. The topological polar surface area (TPSA) is 97.8 Å². The molecule has 0 unspecified atom stereocenters. The van der Waals surface area contributed by atoms with Crippen molar-refractivity contribution in [1.29, 1.82) is 0 Å². The largest absolute Gasteiger partial charge is 0.340 e. The Morgan fingerprint density at radius 1 is 1.06 bits per heavy atom. The Bertz CT molecular complexity index is 1140. The van der Waals surface area contributed by atoms with Gasteiger partial charge in [0.2, 0.25) is 5.91 Å². The number of rotatable bonds is 6. The summed E-state index contributed by atoms with van der Waals surface area (Å²) in [6, 6.07) is 7.98. The summed E-state index contributed by atoms with van der Waals surface area (Å²) in [6.45, 7) is 6.34. The molecule has 2 aliphatic rings. The summed E-state index contributed by atoms with van der Waals surface area (Å²) < 4.78 is 31.3. The zero-order valence-corrected chi connectivity index (χ0v) is 20.7. The van der Waals surface area contributed by atoms with Gasteiger partial charge >= 0.3 is 0 Å². The molecule has 0 spiro atoms. The van der Waals surface area contributed by atoms with Crippen LogP contribution in [-0.2, 0) is 21.5 Å². The minimum absolute atomic E-state index is 0.00932. The molecule has 1 aromatic heterocycles. The molecule has 3 heterocycles. The Hall–Kier alpha value is -2.12. The van der Waals surface area contributed by atoms with E-state index in [0.29, 0.717) is 56.4 Å². The molecule has 12 heteroatoms. The highest BCUT2D eigenvalue weighted by molar-refractivity contribution is 7.86. The van der Waals surface area contributed by atoms with Crippen LogP contribution in [0.15, 0.2) is 24.3 Å². The standard InChI is InChI=1S/C21H31N7O3S2/c1-17-4-3-5-18(16-17)20-22-23-21(32)28(20)7-6-19(29)25-10-14-27(15-11-25)33(30,31)26-12-8-24(2)9-13-26/h3-5,16H,6-15H2,1-2H3,(H,23,32). The van der Waals surface area contributed by atoms with E-state index in [1.165, 1.54) is 4.31 Å². The molecule has 10 nitrogen and oxygen atoms in total. The van der Waals surface area contributed by atoms with E-state index in [9.17, 15) is 13.2 Å². The van der Waals surface area contributed by atoms with Crippen LogP contribution < -0.4 is 0 Å². The third-order valence-corrected chi connectivity index (χ3v) is 8.64. The highest BCUT2D eigenvalue weighted by Crippen LogP contribution is 2.20. The number of likely N-dealkylation sites (N-methyl/N-ethyl adjacent to an activating group) is 1. The maximum atomic E-state index is 12.9. The summed E-state index contributed by atoms with van der Waals surface area (Å²) >= 11 is 5.38. The van der Waals surface area contributed by atoms with E-state index in [4.69, 9.17) is 12.2 Å². The van der Waals surface area contributed by atoms with Crippen LogP contribution in [0.25, 0.3) is 11.4 Å². The molecule has 0 aliphatic carbocycles. The molecule has 2 aliphatic heterocycles. The van der Waals surface area contributed by atoms with Crippen molar-refractivity contribution in [2.45, 2.75) is 19.9 Å². The Morgan fingerprint density at radius 3 is 2.33 bits per heavy atom. The maximum absolute atomic E-state index is 12.9. The molecule has 1 amide bonds. The number of H-pyrrole nitrogens is 1. The van der Waals surface area contributed by atoms with Crippen molar-refractivity contribution in [1.82, 2.24) is 33.2 Å². The number of carbonyl (C=O) groups excluding carboxylic acids is 1. The third-order valence-electron chi connectivity index (χ3n) is 6.29. The van der Waals surface area contributed by atoms with Crippen LogP contribution in [0.1, 0.15) is 12.0 Å². The van der Waals surface area contributed by atoms with Crippen LogP contribution in [-0.4, -0.2) is 107 Å². The predicted octanol–water partition coefficient (Wildman–Crippen LogP) is 0.943. The molecular weight excluding hydrogens is 462 g/mol. The van der Waals surface area contributed by atoms with Crippen molar-refractivity contribution in [2.75, 3.05) is 59.4 Å². The average Bonchev–Trinajstić information content (AvgIpc) is 3.18. The lowest BCUT2D eigenvalue weighted by atomic mass is 10.1. The predicted molar refractivity (Wildman–Crippen MR) is 128 cm³/mol. The fraction of sp³-hybridized carbons (Fsp3) is 0.571. The van der Waals surface area contributed by atoms with Crippen LogP contribution in [0.2, 0.25) is 0 Å². The van der Waals surface area contributed by atoms with Gasteiger partial charge in [-0.1, -0.05) is 23.8 Å². The Balaban J connectivity index is 1.33. The number of aromatic nitrogens is 3. The highest BCUT2D eigenvalue weighted by Gasteiger charge is 2.34. The van der Waals surface area contributed by atoms with Gasteiger partial charge in [0.1, 0.15) is 0 Å². The number of carbonyl (C=O) groups is 1. The van der Waals surface area contributed by atoms with E-state index in [0.717, 1.165) is 24.2 Å². The van der Waals surface area contributed by atoms with Crippen molar-refractivity contribution in [3.63, 3.8) is 0 Å². The SMILES string of the molecule is Cc1cccc(-c2n[nH]c(=S)n2CCC(=O)N2CCN(S(=O)(=O)N3CCN(C)CC3)CC2)c1. The van der Waals surface area contributed by atoms with Gasteiger partial charge < -0.3 is 9.80 Å². The van der Waals surface area contributed by atoms with Gasteiger partial charge in [0.25, 0.3) is 10.2 Å². The first-order valence-electron chi connectivity index (χ1n) is 11.2. The van der Waals surface area contributed by atoms with E-state index < -0.39 is 10.2 Å². The summed E-state index contributed by atoms with van der Waals surface area (Å²) in [4.78, 5) is 16.7. The molecule has 0 bridgehead atoms. The number of nitrogens with zero attached hydrogens (tertiary/aromatic N) is 6. The Labute approximate surface area is 200 Å². The molecule has 2 saturated heterocycles. The van der Waals surface area contributed by atoms with E-state index >= 15 is 0 Å². The summed E-state index contributed by atoms with van der Waals surface area (Å²) in [5, 5.41) is 7.17. The van der Waals surface area contributed by atoms with Gasteiger partial charge in [-0.05, 0) is 32.3 Å². The molecule has 180 valence electrons. The molecule has 0 radical (unpaired) electrons. The molecule has 0 atom stereocenters. The van der Waals surface area contributed by atoms with Crippen molar-refractivity contribution in [3.8, 4) is 11.4 Å². The van der Waals surface area contributed by atoms with Gasteiger partial charge in [0.05, 0.1) is 0 Å². The fourth-order valence-corrected chi connectivity index (χ4v) is 6.05. The molecule has 4 rings (SSSR count). The van der Waals surface area contributed by atoms with Gasteiger partial charge in [-0.2, -0.15) is 22.1 Å². The van der Waals surface area contributed by atoms with Gasteiger partial charge in [-0.25, -0.2) is 0 Å². The van der Waals surface area contributed by atoms with Crippen LogP contribution in [0, 0.1) is 11.7 Å². The molecule has 1 aromatic carbocycles. The normalized spacial score (nSPS) is 19.2. The zero-order valence-electron chi connectivity index (χ0n) is 19.1. The van der Waals surface area contributed by atoms with Gasteiger partial charge in [-0.15, -0.1) is 0 Å². The molecular formula is C21H31N7O3S2. The first-order chi connectivity index (χ1) is 15.8. The lowest BCUT2D eigenvalue weighted by molar-refractivity contribution is -0.132. The highest BCUT2D eigenvalue weighted by atomic mass is 32.2. The molecule has 2 fully saturated rings.